The fourth-order valence-corrected chi connectivity index (χ4v) is 1.43. The van der Waals surface area contributed by atoms with Crippen molar-refractivity contribution in [3.8, 4) is 0 Å². The zero-order chi connectivity index (χ0) is 11.1. The monoisotopic (exact) mass is 242 g/mol. The van der Waals surface area contributed by atoms with Crippen LogP contribution < -0.4 is 11.1 Å². The van der Waals surface area contributed by atoms with Gasteiger partial charge in [-0.25, -0.2) is 0 Å². The molecule has 1 aromatic rings. The Labute approximate surface area is 103 Å². The number of amides is 1. The van der Waals surface area contributed by atoms with Crippen molar-refractivity contribution in [2.24, 2.45) is 5.73 Å². The van der Waals surface area contributed by atoms with Gasteiger partial charge in [-0.2, -0.15) is 0 Å². The molecule has 0 saturated carbocycles. The van der Waals surface area contributed by atoms with E-state index in [2.05, 4.69) is 17.4 Å². The molecule has 0 bridgehead atoms. The van der Waals surface area contributed by atoms with Gasteiger partial charge in [-0.3, -0.25) is 4.79 Å². The molecule has 1 aromatic carbocycles. The Morgan fingerprint density at radius 3 is 2.56 bits per heavy atom. The highest BCUT2D eigenvalue weighted by molar-refractivity contribution is 5.85. The molecule has 0 saturated heterocycles. The van der Waals surface area contributed by atoms with Gasteiger partial charge in [-0.15, -0.1) is 12.4 Å². The number of rotatable bonds is 5. The summed E-state index contributed by atoms with van der Waals surface area (Å²) in [6.07, 6.45) is 1.92. The first-order valence-corrected chi connectivity index (χ1v) is 5.25. The molecule has 0 aliphatic heterocycles. The molecule has 0 aliphatic carbocycles. The van der Waals surface area contributed by atoms with Crippen LogP contribution in [0.3, 0.4) is 0 Å². The Balaban J connectivity index is 0.00000225. The quantitative estimate of drug-likeness (QED) is 0.822. The lowest BCUT2D eigenvalue weighted by molar-refractivity contribution is -0.120. The second kappa shape index (κ2) is 8.13. The zero-order valence-electron chi connectivity index (χ0n) is 9.48. The van der Waals surface area contributed by atoms with Crippen LogP contribution in [0.1, 0.15) is 18.9 Å². The Hall–Kier alpha value is -1.06. The van der Waals surface area contributed by atoms with Crippen LogP contribution in [-0.4, -0.2) is 18.5 Å². The van der Waals surface area contributed by atoms with Crippen LogP contribution in [0.2, 0.25) is 0 Å². The third-order valence-corrected chi connectivity index (χ3v) is 2.30. The number of halogens is 1. The molecule has 16 heavy (non-hydrogen) atoms. The van der Waals surface area contributed by atoms with Crippen molar-refractivity contribution in [2.45, 2.75) is 25.8 Å². The van der Waals surface area contributed by atoms with Gasteiger partial charge in [-0.05, 0) is 25.3 Å². The van der Waals surface area contributed by atoms with Crippen LogP contribution in [0.4, 0.5) is 0 Å². The van der Waals surface area contributed by atoms with Gasteiger partial charge >= 0.3 is 0 Å². The molecule has 0 radical (unpaired) electrons. The van der Waals surface area contributed by atoms with E-state index >= 15 is 0 Å². The normalized spacial score (nSPS) is 11.4. The SMILES string of the molecule is CC(CCc1ccccc1)NC(=O)CN.Cl. The number of hydrogen-bond donors (Lipinski definition) is 2. The van der Waals surface area contributed by atoms with Crippen LogP contribution in [0, 0.1) is 0 Å². The third-order valence-electron chi connectivity index (χ3n) is 2.30. The lowest BCUT2D eigenvalue weighted by Crippen LogP contribution is -2.37. The van der Waals surface area contributed by atoms with E-state index in [1.807, 2.05) is 25.1 Å². The maximum absolute atomic E-state index is 11.0. The molecule has 1 atom stereocenters. The molecule has 0 aromatic heterocycles. The van der Waals surface area contributed by atoms with Crippen LogP contribution in [-0.2, 0) is 11.2 Å². The fourth-order valence-electron chi connectivity index (χ4n) is 1.43. The first-order chi connectivity index (χ1) is 7.22. The average molecular weight is 243 g/mol. The summed E-state index contributed by atoms with van der Waals surface area (Å²) in [6.45, 7) is 2.06. The van der Waals surface area contributed by atoms with E-state index in [9.17, 15) is 4.79 Å². The second-order valence-corrected chi connectivity index (χ2v) is 3.70. The topological polar surface area (TPSA) is 55.1 Å². The Kier molecular flexibility index (Phi) is 7.60. The molecule has 4 heteroatoms. The van der Waals surface area contributed by atoms with Gasteiger partial charge in [0.25, 0.3) is 0 Å². The largest absolute Gasteiger partial charge is 0.353 e. The summed E-state index contributed by atoms with van der Waals surface area (Å²) >= 11 is 0. The molecule has 1 rings (SSSR count). The molecule has 1 unspecified atom stereocenters. The maximum Gasteiger partial charge on any atom is 0.233 e. The van der Waals surface area contributed by atoms with Crippen molar-refractivity contribution in [3.05, 3.63) is 35.9 Å². The minimum atomic E-state index is -0.0874. The van der Waals surface area contributed by atoms with E-state index in [1.165, 1.54) is 5.56 Å². The van der Waals surface area contributed by atoms with Gasteiger partial charge < -0.3 is 11.1 Å². The van der Waals surface area contributed by atoms with Crippen molar-refractivity contribution < 1.29 is 4.79 Å². The van der Waals surface area contributed by atoms with Gasteiger partial charge in [0.2, 0.25) is 5.91 Å². The number of carbonyl (C=O) groups excluding carboxylic acids is 1. The van der Waals surface area contributed by atoms with Crippen LogP contribution in [0.25, 0.3) is 0 Å². The van der Waals surface area contributed by atoms with Crippen LogP contribution >= 0.6 is 12.4 Å². The summed E-state index contributed by atoms with van der Waals surface area (Å²) in [7, 11) is 0. The van der Waals surface area contributed by atoms with Crippen LogP contribution in [0.5, 0.6) is 0 Å². The van der Waals surface area contributed by atoms with Crippen molar-refractivity contribution in [2.75, 3.05) is 6.54 Å². The first kappa shape index (κ1) is 14.9. The summed E-state index contributed by atoms with van der Waals surface area (Å²) < 4.78 is 0. The van der Waals surface area contributed by atoms with Crippen molar-refractivity contribution >= 4 is 18.3 Å². The molecule has 1 amide bonds. The Morgan fingerprint density at radius 1 is 1.38 bits per heavy atom. The molecule has 3 nitrogen and oxygen atoms in total. The molecular weight excluding hydrogens is 224 g/mol. The van der Waals surface area contributed by atoms with E-state index in [1.54, 1.807) is 0 Å². The van der Waals surface area contributed by atoms with Crippen molar-refractivity contribution in [1.29, 1.82) is 0 Å². The molecule has 0 heterocycles. The summed E-state index contributed by atoms with van der Waals surface area (Å²) in [4.78, 5) is 11.0. The maximum atomic E-state index is 11.0. The Morgan fingerprint density at radius 2 is 2.00 bits per heavy atom. The highest BCUT2D eigenvalue weighted by atomic mass is 35.5. The predicted octanol–water partition coefficient (Wildman–Crippen LogP) is 1.50. The molecular formula is C12H19ClN2O. The zero-order valence-corrected chi connectivity index (χ0v) is 10.3. The van der Waals surface area contributed by atoms with Crippen molar-refractivity contribution in [3.63, 3.8) is 0 Å². The standard InChI is InChI=1S/C12H18N2O.ClH/c1-10(14-12(15)9-13)7-8-11-5-3-2-4-6-11;/h2-6,10H,7-9,13H2,1H3,(H,14,15);1H. The molecule has 0 spiro atoms. The highest BCUT2D eigenvalue weighted by Crippen LogP contribution is 2.04. The smallest absolute Gasteiger partial charge is 0.233 e. The van der Waals surface area contributed by atoms with E-state index in [0.29, 0.717) is 0 Å². The minimum absolute atomic E-state index is 0. The number of aryl methyl sites for hydroxylation is 1. The van der Waals surface area contributed by atoms with Gasteiger partial charge in [0.15, 0.2) is 0 Å². The minimum Gasteiger partial charge on any atom is -0.353 e. The average Bonchev–Trinajstić information content (AvgIpc) is 2.27. The Bertz CT molecular complexity index is 303. The van der Waals surface area contributed by atoms with Gasteiger partial charge in [0, 0.05) is 6.04 Å². The number of nitrogens with one attached hydrogen (secondary N) is 1. The molecule has 0 aliphatic rings. The number of nitrogens with two attached hydrogens (primary N) is 1. The molecule has 3 N–H and O–H groups in total. The van der Waals surface area contributed by atoms with E-state index in [4.69, 9.17) is 5.73 Å². The van der Waals surface area contributed by atoms with E-state index < -0.39 is 0 Å². The fraction of sp³-hybridized carbons (Fsp3) is 0.417. The third kappa shape index (κ3) is 5.73. The van der Waals surface area contributed by atoms with E-state index in [0.717, 1.165) is 12.8 Å². The lowest BCUT2D eigenvalue weighted by atomic mass is 10.1. The predicted molar refractivity (Wildman–Crippen MR) is 68.7 cm³/mol. The molecule has 90 valence electrons. The summed E-state index contributed by atoms with van der Waals surface area (Å²) in [5.41, 5.74) is 6.51. The highest BCUT2D eigenvalue weighted by Gasteiger charge is 2.05. The second-order valence-electron chi connectivity index (χ2n) is 3.70. The first-order valence-electron chi connectivity index (χ1n) is 5.25. The molecule has 0 fully saturated rings. The number of benzene rings is 1. The van der Waals surface area contributed by atoms with Gasteiger partial charge in [0.05, 0.1) is 6.54 Å². The van der Waals surface area contributed by atoms with Crippen LogP contribution in [0.15, 0.2) is 30.3 Å². The summed E-state index contributed by atoms with van der Waals surface area (Å²) in [5.74, 6) is -0.0874. The number of hydrogen-bond acceptors (Lipinski definition) is 2. The van der Waals surface area contributed by atoms with Gasteiger partial charge in [0.1, 0.15) is 0 Å². The van der Waals surface area contributed by atoms with E-state index in [-0.39, 0.29) is 30.9 Å². The van der Waals surface area contributed by atoms with Gasteiger partial charge in [-0.1, -0.05) is 30.3 Å². The number of carbonyl (C=O) groups is 1. The summed E-state index contributed by atoms with van der Waals surface area (Å²) in [6, 6.07) is 10.4. The lowest BCUT2D eigenvalue weighted by Gasteiger charge is -2.12. The summed E-state index contributed by atoms with van der Waals surface area (Å²) in [5, 5.41) is 2.84. The van der Waals surface area contributed by atoms with Crippen molar-refractivity contribution in [1.82, 2.24) is 5.32 Å².